The van der Waals surface area contributed by atoms with Gasteiger partial charge in [0, 0.05) is 25.4 Å². The number of methoxy groups -OCH3 is 1. The predicted molar refractivity (Wildman–Crippen MR) is 96.7 cm³/mol. The fourth-order valence-corrected chi connectivity index (χ4v) is 5.06. The molecule has 2 saturated heterocycles. The summed E-state index contributed by atoms with van der Waals surface area (Å²) in [5.41, 5.74) is 0. The van der Waals surface area contributed by atoms with Crippen molar-refractivity contribution in [2.24, 2.45) is 0 Å². The Balaban J connectivity index is 1.60. The number of carbonyl (C=O) groups excluding carboxylic acids is 1. The zero-order valence-corrected chi connectivity index (χ0v) is 16.8. The quantitative estimate of drug-likeness (QED) is 0.721. The minimum Gasteiger partial charge on any atom is -0.453 e. The van der Waals surface area contributed by atoms with E-state index in [1.54, 1.807) is 4.90 Å². The van der Waals surface area contributed by atoms with Gasteiger partial charge in [-0.3, -0.25) is 0 Å². The van der Waals surface area contributed by atoms with Gasteiger partial charge in [-0.1, -0.05) is 0 Å². The van der Waals surface area contributed by atoms with Crippen molar-refractivity contribution >= 4 is 16.1 Å². The molecule has 0 aromatic rings. The number of amides is 1. The summed E-state index contributed by atoms with van der Waals surface area (Å²) in [6.07, 6.45) is 5.28. The van der Waals surface area contributed by atoms with Gasteiger partial charge in [-0.15, -0.1) is 0 Å². The number of nitrogens with one attached hydrogen (secondary N) is 1. The Labute approximate surface area is 160 Å². The summed E-state index contributed by atoms with van der Waals surface area (Å²) >= 11 is 0. The molecule has 0 radical (unpaired) electrons. The number of hydrogen-bond donors (Lipinski definition) is 1. The highest BCUT2D eigenvalue weighted by Crippen LogP contribution is 2.37. The molecule has 9 nitrogen and oxygen atoms in total. The molecule has 0 aromatic heterocycles. The maximum atomic E-state index is 12.1. The summed E-state index contributed by atoms with van der Waals surface area (Å²) in [6.45, 7) is 2.07. The highest BCUT2D eigenvalue weighted by atomic mass is 32.2. The van der Waals surface area contributed by atoms with Crippen LogP contribution < -0.4 is 4.72 Å². The Kier molecular flexibility index (Phi) is 6.62. The Morgan fingerprint density at radius 1 is 1.22 bits per heavy atom. The van der Waals surface area contributed by atoms with Crippen LogP contribution in [-0.4, -0.2) is 83.1 Å². The van der Waals surface area contributed by atoms with Gasteiger partial charge in [-0.25, -0.2) is 17.9 Å². The lowest BCUT2D eigenvalue weighted by atomic mass is 9.91. The number of nitrogens with zero attached hydrogens (tertiary/aromatic N) is 1. The molecule has 3 fully saturated rings. The fourth-order valence-electron chi connectivity index (χ4n) is 4.24. The van der Waals surface area contributed by atoms with Crippen molar-refractivity contribution in [2.75, 3.05) is 39.7 Å². The number of hydrogen-bond acceptors (Lipinski definition) is 7. The van der Waals surface area contributed by atoms with Crippen molar-refractivity contribution in [2.45, 2.75) is 62.5 Å². The van der Waals surface area contributed by atoms with Gasteiger partial charge in [0.1, 0.15) is 0 Å². The van der Waals surface area contributed by atoms with Crippen LogP contribution in [0.2, 0.25) is 0 Å². The number of likely N-dealkylation sites (tertiary alicyclic amines) is 1. The van der Waals surface area contributed by atoms with Gasteiger partial charge in [-0.05, 0) is 25.7 Å². The molecule has 0 aromatic carbocycles. The van der Waals surface area contributed by atoms with Crippen LogP contribution in [0.1, 0.15) is 38.5 Å². The number of rotatable bonds is 5. The van der Waals surface area contributed by atoms with E-state index in [2.05, 4.69) is 4.72 Å². The fraction of sp³-hybridized carbons (Fsp3) is 0.941. The Morgan fingerprint density at radius 2 is 1.89 bits per heavy atom. The van der Waals surface area contributed by atoms with E-state index in [1.165, 1.54) is 7.11 Å². The lowest BCUT2D eigenvalue weighted by Crippen LogP contribution is -2.59. The third kappa shape index (κ3) is 5.32. The van der Waals surface area contributed by atoms with Gasteiger partial charge in [0.05, 0.1) is 45.3 Å². The Morgan fingerprint density at radius 3 is 2.48 bits per heavy atom. The standard InChI is InChI=1S/C17H30N2O7S/c1-23-16(20)19-9-3-4-14(18-27(2,21)22)15(19)12-24-13-5-7-17(8-6-13)25-10-11-26-17/h13-15,18H,3-12H2,1-2H3/t14-,15-/m0/s1. The Hall–Kier alpha value is -0.940. The van der Waals surface area contributed by atoms with Crippen LogP contribution in [0.25, 0.3) is 0 Å². The van der Waals surface area contributed by atoms with Crippen LogP contribution in [0, 0.1) is 0 Å². The third-order valence-corrected chi connectivity index (χ3v) is 6.30. The van der Waals surface area contributed by atoms with E-state index >= 15 is 0 Å². The van der Waals surface area contributed by atoms with Gasteiger partial charge in [0.15, 0.2) is 5.79 Å². The molecule has 2 atom stereocenters. The van der Waals surface area contributed by atoms with Crippen LogP contribution in [0.4, 0.5) is 4.79 Å². The number of piperidine rings is 1. The van der Waals surface area contributed by atoms with Crippen LogP contribution in [0.5, 0.6) is 0 Å². The van der Waals surface area contributed by atoms with Crippen molar-refractivity contribution < 1.29 is 32.2 Å². The molecule has 1 N–H and O–H groups in total. The molecule has 1 aliphatic carbocycles. The highest BCUT2D eigenvalue weighted by Gasteiger charge is 2.42. The minimum atomic E-state index is -3.39. The first-order chi connectivity index (χ1) is 12.8. The van der Waals surface area contributed by atoms with Gasteiger partial charge in [0.2, 0.25) is 10.0 Å². The molecule has 2 heterocycles. The molecule has 10 heteroatoms. The zero-order chi connectivity index (χ0) is 19.5. The van der Waals surface area contributed by atoms with E-state index in [0.29, 0.717) is 32.6 Å². The van der Waals surface area contributed by atoms with Crippen LogP contribution >= 0.6 is 0 Å². The Bertz CT molecular complexity index is 611. The van der Waals surface area contributed by atoms with Gasteiger partial charge in [-0.2, -0.15) is 0 Å². The maximum absolute atomic E-state index is 12.1. The molecular weight excluding hydrogens is 376 g/mol. The van der Waals surface area contributed by atoms with Crippen molar-refractivity contribution in [3.63, 3.8) is 0 Å². The molecule has 0 unspecified atom stereocenters. The van der Waals surface area contributed by atoms with Crippen LogP contribution in [-0.2, 0) is 29.0 Å². The molecule has 1 spiro atoms. The SMILES string of the molecule is COC(=O)N1CCC[C@H](NS(C)(=O)=O)[C@@H]1COC1CCC2(CC1)OCCO2. The molecule has 2 aliphatic heterocycles. The van der Waals surface area contributed by atoms with Crippen molar-refractivity contribution in [1.82, 2.24) is 9.62 Å². The number of ether oxygens (including phenoxy) is 4. The second-order valence-corrected chi connectivity index (χ2v) is 9.29. The maximum Gasteiger partial charge on any atom is 0.409 e. The largest absolute Gasteiger partial charge is 0.453 e. The molecule has 1 amide bonds. The lowest BCUT2D eigenvalue weighted by molar-refractivity contribution is -0.193. The van der Waals surface area contributed by atoms with Gasteiger partial charge in [0.25, 0.3) is 0 Å². The summed E-state index contributed by atoms with van der Waals surface area (Å²) < 4.78 is 48.5. The third-order valence-electron chi connectivity index (χ3n) is 5.56. The zero-order valence-electron chi connectivity index (χ0n) is 16.0. The smallest absolute Gasteiger partial charge is 0.409 e. The predicted octanol–water partition coefficient (Wildman–Crippen LogP) is 0.837. The molecule has 1 saturated carbocycles. The molecule has 27 heavy (non-hydrogen) atoms. The van der Waals surface area contributed by atoms with Crippen molar-refractivity contribution in [3.05, 3.63) is 0 Å². The summed E-state index contributed by atoms with van der Waals surface area (Å²) in [5.74, 6) is -0.441. The van der Waals surface area contributed by atoms with E-state index in [9.17, 15) is 13.2 Å². The first-order valence-corrected chi connectivity index (χ1v) is 11.4. The first kappa shape index (κ1) is 20.8. The number of sulfonamides is 1. The topological polar surface area (TPSA) is 103 Å². The van der Waals surface area contributed by atoms with Crippen molar-refractivity contribution in [3.8, 4) is 0 Å². The monoisotopic (exact) mass is 406 g/mol. The summed E-state index contributed by atoms with van der Waals surface area (Å²) in [4.78, 5) is 13.7. The second kappa shape index (κ2) is 8.60. The first-order valence-electron chi connectivity index (χ1n) is 9.53. The van der Waals surface area contributed by atoms with E-state index < -0.39 is 27.9 Å². The molecular formula is C17H30N2O7S. The molecule has 156 valence electrons. The van der Waals surface area contributed by atoms with Gasteiger partial charge < -0.3 is 23.8 Å². The second-order valence-electron chi connectivity index (χ2n) is 7.51. The summed E-state index contributed by atoms with van der Waals surface area (Å²) in [5, 5.41) is 0. The molecule has 0 bridgehead atoms. The summed E-state index contributed by atoms with van der Waals surface area (Å²) in [7, 11) is -2.06. The highest BCUT2D eigenvalue weighted by molar-refractivity contribution is 7.88. The summed E-state index contributed by atoms with van der Waals surface area (Å²) in [6, 6.07) is -0.778. The normalized spacial score (nSPS) is 29.2. The van der Waals surface area contributed by atoms with Crippen LogP contribution in [0.15, 0.2) is 0 Å². The average Bonchev–Trinajstić information content (AvgIpc) is 3.08. The average molecular weight is 407 g/mol. The molecule has 3 rings (SSSR count). The van der Waals surface area contributed by atoms with Crippen LogP contribution in [0.3, 0.4) is 0 Å². The molecule has 3 aliphatic rings. The van der Waals surface area contributed by atoms with E-state index in [-0.39, 0.29) is 18.8 Å². The van der Waals surface area contributed by atoms with E-state index in [1.807, 2.05) is 0 Å². The van der Waals surface area contributed by atoms with E-state index in [4.69, 9.17) is 18.9 Å². The van der Waals surface area contributed by atoms with Gasteiger partial charge >= 0.3 is 6.09 Å². The number of carbonyl (C=O) groups is 1. The lowest BCUT2D eigenvalue weighted by Gasteiger charge is -2.41. The minimum absolute atomic E-state index is 0.0451. The van der Waals surface area contributed by atoms with E-state index in [0.717, 1.165) is 31.9 Å². The van der Waals surface area contributed by atoms with Crippen molar-refractivity contribution in [1.29, 1.82) is 0 Å².